The quantitative estimate of drug-likeness (QED) is 0.440. The maximum absolute atomic E-state index is 10.9. The molecule has 0 aliphatic heterocycles. The fraction of sp³-hybridized carbons (Fsp3) is 0. The van der Waals surface area contributed by atoms with Crippen molar-refractivity contribution in [3.05, 3.63) is 24.3 Å². The molecule has 80 valence electrons. The Morgan fingerprint density at radius 3 is 2.27 bits per heavy atom. The summed E-state index contributed by atoms with van der Waals surface area (Å²) in [4.78, 5) is 9.82. The molecule has 0 saturated carbocycles. The van der Waals surface area contributed by atoms with Crippen LogP contribution in [0.15, 0.2) is 29.2 Å². The number of carbonyl (C=O) groups excluding carboxylic acids is 1. The van der Waals surface area contributed by atoms with Crippen LogP contribution < -0.4 is 5.46 Å². The van der Waals surface area contributed by atoms with Gasteiger partial charge in [-0.15, -0.1) is 0 Å². The highest BCUT2D eigenvalue weighted by molar-refractivity contribution is 8.13. The highest BCUT2D eigenvalue weighted by atomic mass is 35.7. The summed E-state index contributed by atoms with van der Waals surface area (Å²) >= 11 is 0. The normalized spacial score (nSPS) is 10.8. The van der Waals surface area contributed by atoms with Crippen molar-refractivity contribution >= 4 is 38.8 Å². The molecule has 15 heavy (non-hydrogen) atoms. The molecular formula is C7H6BClO5S. The fourth-order valence-corrected chi connectivity index (χ4v) is 1.70. The van der Waals surface area contributed by atoms with E-state index in [1.54, 1.807) is 0 Å². The lowest BCUT2D eigenvalue weighted by Crippen LogP contribution is -2.33. The first-order valence-corrected chi connectivity index (χ1v) is 6.08. The van der Waals surface area contributed by atoms with Crippen molar-refractivity contribution in [1.29, 1.82) is 0 Å². The van der Waals surface area contributed by atoms with Gasteiger partial charge in [-0.2, -0.15) is 0 Å². The Morgan fingerprint density at radius 2 is 1.87 bits per heavy atom. The van der Waals surface area contributed by atoms with E-state index in [4.69, 9.17) is 10.7 Å². The van der Waals surface area contributed by atoms with Gasteiger partial charge in [0, 0.05) is 10.7 Å². The van der Waals surface area contributed by atoms with Crippen LogP contribution in [0.5, 0.6) is 0 Å². The molecule has 1 N–H and O–H groups in total. The van der Waals surface area contributed by atoms with E-state index >= 15 is 0 Å². The minimum atomic E-state index is -3.78. The van der Waals surface area contributed by atoms with Crippen molar-refractivity contribution in [3.8, 4) is 0 Å². The van der Waals surface area contributed by atoms with Crippen molar-refractivity contribution < 1.29 is 22.9 Å². The van der Waals surface area contributed by atoms with E-state index < -0.39 is 16.2 Å². The Hall–Kier alpha value is -1.05. The summed E-state index contributed by atoms with van der Waals surface area (Å²) in [6.45, 7) is 0.0941. The van der Waals surface area contributed by atoms with Crippen molar-refractivity contribution in [2.75, 3.05) is 0 Å². The van der Waals surface area contributed by atoms with E-state index in [0.717, 1.165) is 0 Å². The molecule has 0 spiro atoms. The Labute approximate surface area is 91.2 Å². The van der Waals surface area contributed by atoms with Crippen molar-refractivity contribution in [2.24, 2.45) is 0 Å². The van der Waals surface area contributed by atoms with Gasteiger partial charge in [0.15, 0.2) is 0 Å². The molecule has 0 atom stereocenters. The van der Waals surface area contributed by atoms with Crippen LogP contribution in [0, 0.1) is 0 Å². The van der Waals surface area contributed by atoms with Crippen LogP contribution in [-0.2, 0) is 18.5 Å². The van der Waals surface area contributed by atoms with Gasteiger partial charge >= 0.3 is 7.12 Å². The van der Waals surface area contributed by atoms with E-state index in [1.165, 1.54) is 24.3 Å². The first-order valence-electron chi connectivity index (χ1n) is 3.77. The van der Waals surface area contributed by atoms with Crippen molar-refractivity contribution in [2.45, 2.75) is 4.90 Å². The summed E-state index contributed by atoms with van der Waals surface area (Å²) < 4.78 is 26.0. The smallest absolute Gasteiger partial charge is 0.508 e. The minimum Gasteiger partial charge on any atom is -0.508 e. The van der Waals surface area contributed by atoms with Crippen LogP contribution in [0.2, 0.25) is 0 Å². The molecule has 1 aromatic carbocycles. The number of hydrogen-bond donors (Lipinski definition) is 1. The molecule has 0 unspecified atom stereocenters. The Morgan fingerprint density at radius 1 is 1.33 bits per heavy atom. The molecule has 0 radical (unpaired) electrons. The Kier molecular flexibility index (Phi) is 3.73. The van der Waals surface area contributed by atoms with E-state index in [9.17, 15) is 18.2 Å². The summed E-state index contributed by atoms with van der Waals surface area (Å²) in [5.74, 6) is 0. The molecule has 0 bridgehead atoms. The lowest BCUT2D eigenvalue weighted by Gasteiger charge is -2.03. The predicted octanol–water partition coefficient (Wildman–Crippen LogP) is -0.525. The van der Waals surface area contributed by atoms with Crippen LogP contribution in [0.25, 0.3) is 0 Å². The number of carbonyl (C=O) groups is 1. The summed E-state index contributed by atoms with van der Waals surface area (Å²) in [5.41, 5.74) is 0.256. The average Bonchev–Trinajstić information content (AvgIpc) is 2.17. The summed E-state index contributed by atoms with van der Waals surface area (Å²) in [7, 11) is -0.111. The molecule has 0 aliphatic rings. The highest BCUT2D eigenvalue weighted by Crippen LogP contribution is 2.12. The lowest BCUT2D eigenvalue weighted by atomic mass is 9.80. The predicted molar refractivity (Wildman–Crippen MR) is 54.2 cm³/mol. The molecule has 1 aromatic rings. The molecule has 0 heterocycles. The van der Waals surface area contributed by atoms with E-state index in [2.05, 4.69) is 4.65 Å². The minimum absolute atomic E-state index is 0.0915. The van der Waals surface area contributed by atoms with E-state index in [1.807, 2.05) is 0 Å². The van der Waals surface area contributed by atoms with E-state index in [-0.39, 0.29) is 16.8 Å². The number of benzene rings is 1. The first kappa shape index (κ1) is 12.0. The van der Waals surface area contributed by atoms with Gasteiger partial charge in [-0.25, -0.2) is 8.42 Å². The number of halogens is 1. The maximum atomic E-state index is 10.9. The summed E-state index contributed by atoms with van der Waals surface area (Å²) in [6, 6.07) is 5.00. The highest BCUT2D eigenvalue weighted by Gasteiger charge is 2.18. The van der Waals surface area contributed by atoms with Gasteiger partial charge in [0.05, 0.1) is 4.90 Å². The van der Waals surface area contributed by atoms with Crippen LogP contribution in [0.3, 0.4) is 0 Å². The second kappa shape index (κ2) is 4.65. The zero-order chi connectivity index (χ0) is 11.5. The zero-order valence-electron chi connectivity index (χ0n) is 7.33. The van der Waals surface area contributed by atoms with Gasteiger partial charge in [-0.1, -0.05) is 12.1 Å². The standard InChI is InChI=1S/C7H6BClO5S/c9-15(12,13)7-3-1-6(2-4-7)8(11)14-5-10/h1-5,11H. The van der Waals surface area contributed by atoms with Crippen LogP contribution in [0.4, 0.5) is 0 Å². The molecule has 5 nitrogen and oxygen atoms in total. The fourth-order valence-electron chi connectivity index (χ4n) is 0.926. The SMILES string of the molecule is O=COB(O)c1ccc(S(=O)(=O)Cl)cc1. The third kappa shape index (κ3) is 3.23. The molecule has 0 amide bonds. The van der Waals surface area contributed by atoms with Crippen LogP contribution in [-0.4, -0.2) is 27.0 Å². The third-order valence-corrected chi connectivity index (χ3v) is 3.00. The topological polar surface area (TPSA) is 80.7 Å². The van der Waals surface area contributed by atoms with Crippen molar-refractivity contribution in [1.82, 2.24) is 0 Å². The first-order chi connectivity index (χ1) is 6.95. The Balaban J connectivity index is 2.95. The van der Waals surface area contributed by atoms with Gasteiger partial charge in [0.1, 0.15) is 0 Å². The monoisotopic (exact) mass is 248 g/mol. The number of hydrogen-bond acceptors (Lipinski definition) is 5. The molecule has 0 aliphatic carbocycles. The van der Waals surface area contributed by atoms with Crippen LogP contribution in [0.1, 0.15) is 0 Å². The molecule has 0 saturated heterocycles. The molecule has 1 rings (SSSR count). The van der Waals surface area contributed by atoms with Crippen molar-refractivity contribution in [3.63, 3.8) is 0 Å². The van der Waals surface area contributed by atoms with Crippen LogP contribution >= 0.6 is 10.7 Å². The third-order valence-electron chi connectivity index (χ3n) is 1.63. The van der Waals surface area contributed by atoms with E-state index in [0.29, 0.717) is 0 Å². The van der Waals surface area contributed by atoms with Gasteiger partial charge in [-0.3, -0.25) is 4.79 Å². The maximum Gasteiger partial charge on any atom is 0.561 e. The largest absolute Gasteiger partial charge is 0.561 e. The van der Waals surface area contributed by atoms with Gasteiger partial charge < -0.3 is 9.68 Å². The average molecular weight is 248 g/mol. The zero-order valence-corrected chi connectivity index (χ0v) is 8.90. The number of rotatable bonds is 4. The molecule has 0 fully saturated rings. The Bertz CT molecular complexity index is 443. The second-order valence-electron chi connectivity index (χ2n) is 2.59. The summed E-state index contributed by atoms with van der Waals surface area (Å²) in [6.07, 6.45) is 0. The lowest BCUT2D eigenvalue weighted by molar-refractivity contribution is -0.121. The van der Waals surface area contributed by atoms with Gasteiger partial charge in [0.2, 0.25) is 0 Å². The summed E-state index contributed by atoms with van der Waals surface area (Å²) in [5, 5.41) is 9.18. The molecule has 0 aromatic heterocycles. The van der Waals surface area contributed by atoms with Gasteiger partial charge in [0.25, 0.3) is 15.5 Å². The molecular weight excluding hydrogens is 242 g/mol. The van der Waals surface area contributed by atoms with Gasteiger partial charge in [-0.05, 0) is 17.6 Å². The second-order valence-corrected chi connectivity index (χ2v) is 5.16. The molecule has 8 heteroatoms.